The van der Waals surface area contributed by atoms with Crippen molar-refractivity contribution in [2.24, 2.45) is 11.3 Å². The van der Waals surface area contributed by atoms with Crippen LogP contribution in [0.3, 0.4) is 0 Å². The number of benzene rings is 1. The van der Waals surface area contributed by atoms with Crippen LogP contribution >= 0.6 is 0 Å². The van der Waals surface area contributed by atoms with Crippen LogP contribution in [0.5, 0.6) is 0 Å². The molecule has 166 valence electrons. The summed E-state index contributed by atoms with van der Waals surface area (Å²) >= 11 is 0. The standard InChI is InChI=1S/C26H41N3O/c1-5-19(2)25(30)28(4)24-16-22(7-6-20(24)3)21-8-14-29(15-9-21)23-17-26(18-23)10-12-27-13-11-26/h6-7,16,19,21,23,27H,5,8-15,17-18H2,1-4H3. The Labute approximate surface area is 183 Å². The fourth-order valence-corrected chi connectivity index (χ4v) is 6.03. The van der Waals surface area contributed by atoms with Gasteiger partial charge in [0.05, 0.1) is 0 Å². The number of carbonyl (C=O) groups excluding carboxylic acids is 1. The number of likely N-dealkylation sites (tertiary alicyclic amines) is 1. The molecular weight excluding hydrogens is 370 g/mol. The van der Waals surface area contributed by atoms with Gasteiger partial charge in [-0.15, -0.1) is 0 Å². The third-order valence-electron chi connectivity index (χ3n) is 8.48. The summed E-state index contributed by atoms with van der Waals surface area (Å²) in [6.45, 7) is 11.1. The Kier molecular flexibility index (Phi) is 6.55. The van der Waals surface area contributed by atoms with Crippen molar-refractivity contribution in [1.82, 2.24) is 10.2 Å². The lowest BCUT2D eigenvalue weighted by atomic mass is 9.60. The van der Waals surface area contributed by atoms with Gasteiger partial charge in [-0.2, -0.15) is 0 Å². The van der Waals surface area contributed by atoms with Crippen molar-refractivity contribution in [3.05, 3.63) is 29.3 Å². The third kappa shape index (κ3) is 4.31. The van der Waals surface area contributed by atoms with E-state index in [-0.39, 0.29) is 11.8 Å². The molecule has 4 rings (SSSR count). The Morgan fingerprint density at radius 1 is 1.23 bits per heavy atom. The first-order valence-electron chi connectivity index (χ1n) is 12.3. The zero-order valence-corrected chi connectivity index (χ0v) is 19.5. The number of hydrogen-bond donors (Lipinski definition) is 1. The van der Waals surface area contributed by atoms with Crippen LogP contribution in [0.2, 0.25) is 0 Å². The van der Waals surface area contributed by atoms with Gasteiger partial charge in [-0.05, 0) is 107 Å². The van der Waals surface area contributed by atoms with E-state index >= 15 is 0 Å². The first kappa shape index (κ1) is 21.8. The van der Waals surface area contributed by atoms with E-state index in [1.54, 1.807) is 0 Å². The summed E-state index contributed by atoms with van der Waals surface area (Å²) < 4.78 is 0. The minimum absolute atomic E-state index is 0.0759. The van der Waals surface area contributed by atoms with Gasteiger partial charge in [-0.3, -0.25) is 4.79 Å². The molecule has 1 spiro atoms. The Morgan fingerprint density at radius 2 is 1.90 bits per heavy atom. The molecule has 0 bridgehead atoms. The number of aryl methyl sites for hydroxylation is 1. The third-order valence-corrected chi connectivity index (χ3v) is 8.48. The summed E-state index contributed by atoms with van der Waals surface area (Å²) in [4.78, 5) is 17.4. The minimum Gasteiger partial charge on any atom is -0.317 e. The number of anilines is 1. The van der Waals surface area contributed by atoms with Crippen molar-refractivity contribution >= 4 is 11.6 Å². The fourth-order valence-electron chi connectivity index (χ4n) is 6.03. The molecule has 3 fully saturated rings. The molecule has 30 heavy (non-hydrogen) atoms. The Balaban J connectivity index is 1.35. The van der Waals surface area contributed by atoms with Gasteiger partial charge in [-0.1, -0.05) is 26.0 Å². The average molecular weight is 412 g/mol. The largest absolute Gasteiger partial charge is 0.317 e. The molecule has 0 radical (unpaired) electrons. The number of hydrogen-bond acceptors (Lipinski definition) is 3. The van der Waals surface area contributed by atoms with E-state index in [0.717, 1.165) is 18.2 Å². The van der Waals surface area contributed by atoms with Crippen molar-refractivity contribution in [3.63, 3.8) is 0 Å². The van der Waals surface area contributed by atoms with Crippen LogP contribution in [0.4, 0.5) is 5.69 Å². The summed E-state index contributed by atoms with van der Waals surface area (Å²) in [6, 6.07) is 7.64. The molecule has 1 unspecified atom stereocenters. The van der Waals surface area contributed by atoms with Crippen LogP contribution in [0, 0.1) is 18.3 Å². The molecule has 1 saturated carbocycles. The van der Waals surface area contributed by atoms with E-state index in [4.69, 9.17) is 0 Å². The number of piperidine rings is 2. The second-order valence-corrected chi connectivity index (χ2v) is 10.4. The second kappa shape index (κ2) is 9.00. The lowest BCUT2D eigenvalue weighted by molar-refractivity contribution is -0.121. The molecule has 1 aliphatic carbocycles. The molecule has 4 heteroatoms. The fraction of sp³-hybridized carbons (Fsp3) is 0.731. The van der Waals surface area contributed by atoms with E-state index in [0.29, 0.717) is 11.3 Å². The number of nitrogens with zero attached hydrogens (tertiary/aromatic N) is 2. The van der Waals surface area contributed by atoms with Gasteiger partial charge in [0.25, 0.3) is 0 Å². The molecular formula is C26H41N3O. The summed E-state index contributed by atoms with van der Waals surface area (Å²) in [6.07, 6.45) is 9.00. The second-order valence-electron chi connectivity index (χ2n) is 10.4. The highest BCUT2D eigenvalue weighted by atomic mass is 16.2. The lowest BCUT2D eigenvalue weighted by Crippen LogP contribution is -2.55. The molecule has 1 N–H and O–H groups in total. The quantitative estimate of drug-likeness (QED) is 0.762. The van der Waals surface area contributed by atoms with E-state index in [1.165, 1.54) is 75.8 Å². The number of amides is 1. The smallest absolute Gasteiger partial charge is 0.229 e. The normalized spacial score (nSPS) is 23.9. The summed E-state index contributed by atoms with van der Waals surface area (Å²) in [5, 5.41) is 3.52. The summed E-state index contributed by atoms with van der Waals surface area (Å²) in [5.74, 6) is 0.928. The Hall–Kier alpha value is -1.39. The van der Waals surface area contributed by atoms with Crippen LogP contribution in [0.15, 0.2) is 18.2 Å². The van der Waals surface area contributed by atoms with Gasteiger partial charge in [-0.25, -0.2) is 0 Å². The van der Waals surface area contributed by atoms with Gasteiger partial charge in [0, 0.05) is 24.7 Å². The van der Waals surface area contributed by atoms with Crippen molar-refractivity contribution in [2.75, 3.05) is 38.1 Å². The van der Waals surface area contributed by atoms with Crippen LogP contribution < -0.4 is 10.2 Å². The lowest BCUT2D eigenvalue weighted by Gasteiger charge is -2.55. The molecule has 1 amide bonds. The minimum atomic E-state index is 0.0759. The van der Waals surface area contributed by atoms with Gasteiger partial charge in [0.1, 0.15) is 0 Å². The first-order chi connectivity index (χ1) is 14.4. The topological polar surface area (TPSA) is 35.6 Å². The highest BCUT2D eigenvalue weighted by molar-refractivity contribution is 5.95. The molecule has 2 heterocycles. The van der Waals surface area contributed by atoms with E-state index in [1.807, 2.05) is 18.9 Å². The monoisotopic (exact) mass is 411 g/mol. The summed E-state index contributed by atoms with van der Waals surface area (Å²) in [5.41, 5.74) is 4.37. The highest BCUT2D eigenvalue weighted by Gasteiger charge is 2.47. The molecule has 1 atom stereocenters. The number of carbonyl (C=O) groups is 1. The molecule has 2 saturated heterocycles. The predicted octanol–water partition coefficient (Wildman–Crippen LogP) is 4.72. The van der Waals surface area contributed by atoms with Gasteiger partial charge in [0.15, 0.2) is 0 Å². The van der Waals surface area contributed by atoms with Crippen molar-refractivity contribution in [2.45, 2.75) is 77.7 Å². The molecule has 4 nitrogen and oxygen atoms in total. The maximum Gasteiger partial charge on any atom is 0.229 e. The number of rotatable bonds is 5. The SMILES string of the molecule is CCC(C)C(=O)N(C)c1cc(C2CCN(C3CC4(CCNCC4)C3)CC2)ccc1C. The zero-order valence-electron chi connectivity index (χ0n) is 19.5. The maximum absolute atomic E-state index is 12.7. The van der Waals surface area contributed by atoms with Crippen molar-refractivity contribution in [3.8, 4) is 0 Å². The van der Waals surface area contributed by atoms with Crippen LogP contribution in [0.25, 0.3) is 0 Å². The van der Waals surface area contributed by atoms with Gasteiger partial charge >= 0.3 is 0 Å². The maximum atomic E-state index is 12.7. The predicted molar refractivity (Wildman–Crippen MR) is 125 cm³/mol. The average Bonchev–Trinajstić information content (AvgIpc) is 2.77. The van der Waals surface area contributed by atoms with E-state index < -0.39 is 0 Å². The molecule has 1 aromatic rings. The van der Waals surface area contributed by atoms with Gasteiger partial charge in [0.2, 0.25) is 5.91 Å². The highest BCUT2D eigenvalue weighted by Crippen LogP contribution is 2.50. The van der Waals surface area contributed by atoms with E-state index in [9.17, 15) is 4.79 Å². The summed E-state index contributed by atoms with van der Waals surface area (Å²) in [7, 11) is 1.94. The molecule has 0 aromatic heterocycles. The first-order valence-corrected chi connectivity index (χ1v) is 12.3. The molecule has 1 aromatic carbocycles. The van der Waals surface area contributed by atoms with Crippen LogP contribution in [0.1, 0.15) is 75.8 Å². The van der Waals surface area contributed by atoms with E-state index in [2.05, 4.69) is 42.3 Å². The van der Waals surface area contributed by atoms with Crippen LogP contribution in [-0.2, 0) is 4.79 Å². The molecule has 2 aliphatic heterocycles. The van der Waals surface area contributed by atoms with Gasteiger partial charge < -0.3 is 15.1 Å². The van der Waals surface area contributed by atoms with Crippen molar-refractivity contribution in [1.29, 1.82) is 0 Å². The number of nitrogens with one attached hydrogen (secondary N) is 1. The van der Waals surface area contributed by atoms with Crippen molar-refractivity contribution < 1.29 is 4.79 Å². The Bertz CT molecular complexity index is 739. The molecule has 3 aliphatic rings. The van der Waals surface area contributed by atoms with Crippen LogP contribution in [-0.4, -0.2) is 50.1 Å². The zero-order chi connectivity index (χ0) is 21.3. The Morgan fingerprint density at radius 3 is 2.53 bits per heavy atom.